The molecule has 0 saturated heterocycles. The molecule has 0 aromatic carbocycles. The summed E-state index contributed by atoms with van der Waals surface area (Å²) in [5.41, 5.74) is 0.869. The van der Waals surface area contributed by atoms with Gasteiger partial charge < -0.3 is 5.21 Å². The van der Waals surface area contributed by atoms with Crippen LogP contribution in [0.25, 0.3) is 0 Å². The summed E-state index contributed by atoms with van der Waals surface area (Å²) in [5, 5.41) is 9.35. The first-order valence-electron chi connectivity index (χ1n) is 3.96. The zero-order valence-corrected chi connectivity index (χ0v) is 7.53. The van der Waals surface area contributed by atoms with E-state index in [1.54, 1.807) is 19.1 Å². The largest absolute Gasteiger partial charge is 0.425 e. The zero-order chi connectivity index (χ0) is 9.30. The molecule has 0 bridgehead atoms. The van der Waals surface area contributed by atoms with Crippen LogP contribution in [-0.2, 0) is 0 Å². The molecular formula is C9H15NO2. The quantitative estimate of drug-likeness (QED) is 0.651. The van der Waals surface area contributed by atoms with Crippen LogP contribution in [-0.4, -0.2) is 9.94 Å². The fourth-order valence-electron chi connectivity index (χ4n) is 1.07. The van der Waals surface area contributed by atoms with Crippen LogP contribution in [0.1, 0.15) is 32.4 Å². The lowest BCUT2D eigenvalue weighted by atomic mass is 10.1. The summed E-state index contributed by atoms with van der Waals surface area (Å²) in [6.07, 6.45) is 0. The summed E-state index contributed by atoms with van der Waals surface area (Å²) in [6.45, 7) is 5.53. The molecule has 0 aliphatic rings. The minimum Gasteiger partial charge on any atom is -0.425 e. The van der Waals surface area contributed by atoms with Gasteiger partial charge in [0.1, 0.15) is 0 Å². The van der Waals surface area contributed by atoms with Crippen molar-refractivity contribution in [3.8, 4) is 0 Å². The maximum atomic E-state index is 11.2. The molecule has 3 nitrogen and oxygen atoms in total. The second-order valence-corrected chi connectivity index (χ2v) is 3.21. The molecular weight excluding hydrogens is 154 g/mol. The Morgan fingerprint density at radius 3 is 2.58 bits per heavy atom. The van der Waals surface area contributed by atoms with Crippen molar-refractivity contribution < 1.29 is 6.63 Å². The Labute approximate surface area is 72.7 Å². The fraction of sp³-hybridized carbons (Fsp3) is 0.444. The summed E-state index contributed by atoms with van der Waals surface area (Å²) in [7, 11) is 0. The van der Waals surface area contributed by atoms with Crippen LogP contribution < -0.4 is 5.56 Å². The van der Waals surface area contributed by atoms with Crippen LogP contribution >= 0.6 is 0 Å². The Balaban J connectivity index is 0.00000144. The number of hydrogen-bond donors (Lipinski definition) is 1. The maximum absolute atomic E-state index is 11.2. The molecule has 1 heterocycles. The maximum Gasteiger partial charge on any atom is 0.285 e. The Bertz CT molecular complexity index is 344. The van der Waals surface area contributed by atoms with E-state index in [2.05, 4.69) is 0 Å². The van der Waals surface area contributed by atoms with Crippen molar-refractivity contribution in [2.75, 3.05) is 0 Å². The highest BCUT2D eigenvalue weighted by molar-refractivity contribution is 5.15. The molecule has 0 fully saturated rings. The lowest BCUT2D eigenvalue weighted by Crippen LogP contribution is -2.23. The molecule has 0 saturated carbocycles. The molecule has 0 aliphatic heterocycles. The van der Waals surface area contributed by atoms with Crippen LogP contribution in [0.4, 0.5) is 0 Å². The van der Waals surface area contributed by atoms with Crippen LogP contribution in [0.5, 0.6) is 0 Å². The third-order valence-electron chi connectivity index (χ3n) is 1.87. The van der Waals surface area contributed by atoms with Gasteiger partial charge in [-0.25, -0.2) is 0 Å². The molecule has 0 aliphatic carbocycles. The van der Waals surface area contributed by atoms with Gasteiger partial charge in [-0.2, -0.15) is 4.73 Å². The highest BCUT2D eigenvalue weighted by atomic mass is 16.5. The molecule has 0 unspecified atom stereocenters. The van der Waals surface area contributed by atoms with Gasteiger partial charge in [0.25, 0.3) is 5.56 Å². The third kappa shape index (κ3) is 1.35. The first kappa shape index (κ1) is 8.84. The van der Waals surface area contributed by atoms with Crippen molar-refractivity contribution in [1.29, 1.82) is 0 Å². The van der Waals surface area contributed by atoms with E-state index >= 15 is 0 Å². The van der Waals surface area contributed by atoms with Gasteiger partial charge in [0.2, 0.25) is 0 Å². The standard InChI is InChI=1S/C9H13NO2.H2/c1-6(2)8-5-4-7(3)9(11)10(8)12;/h4-6,12H,1-3H3;1H. The lowest BCUT2D eigenvalue weighted by molar-refractivity contribution is 0.161. The molecule has 12 heavy (non-hydrogen) atoms. The van der Waals surface area contributed by atoms with Crippen molar-refractivity contribution in [3.63, 3.8) is 0 Å². The minimum atomic E-state index is -0.332. The van der Waals surface area contributed by atoms with Gasteiger partial charge in [0, 0.05) is 6.99 Å². The normalized spacial score (nSPS) is 10.7. The topological polar surface area (TPSA) is 42.2 Å². The Hall–Kier alpha value is -1.25. The molecule has 0 radical (unpaired) electrons. The van der Waals surface area contributed by atoms with E-state index in [-0.39, 0.29) is 12.9 Å². The number of aryl methyl sites for hydroxylation is 1. The SMILES string of the molecule is Cc1ccc(C(C)C)n(O)c1=O.[HH]. The van der Waals surface area contributed by atoms with Crippen LogP contribution in [0, 0.1) is 6.92 Å². The number of rotatable bonds is 1. The highest BCUT2D eigenvalue weighted by Crippen LogP contribution is 2.10. The predicted molar refractivity (Wildman–Crippen MR) is 48.8 cm³/mol. The first-order valence-corrected chi connectivity index (χ1v) is 3.96. The van der Waals surface area contributed by atoms with E-state index in [0.717, 1.165) is 4.73 Å². The average Bonchev–Trinajstić information content (AvgIpc) is 2.00. The predicted octanol–water partition coefficient (Wildman–Crippen LogP) is 1.76. The Morgan fingerprint density at radius 2 is 2.08 bits per heavy atom. The molecule has 0 atom stereocenters. The van der Waals surface area contributed by atoms with Gasteiger partial charge in [0.15, 0.2) is 0 Å². The van der Waals surface area contributed by atoms with Gasteiger partial charge in [0.05, 0.1) is 5.69 Å². The summed E-state index contributed by atoms with van der Waals surface area (Å²) in [4.78, 5) is 11.2. The third-order valence-corrected chi connectivity index (χ3v) is 1.87. The Morgan fingerprint density at radius 1 is 1.50 bits per heavy atom. The van der Waals surface area contributed by atoms with E-state index in [1.165, 1.54) is 0 Å². The number of pyridine rings is 1. The van der Waals surface area contributed by atoms with E-state index in [1.807, 2.05) is 13.8 Å². The zero-order valence-electron chi connectivity index (χ0n) is 7.53. The van der Waals surface area contributed by atoms with Gasteiger partial charge in [-0.1, -0.05) is 19.9 Å². The molecule has 68 valence electrons. The van der Waals surface area contributed by atoms with Crippen molar-refractivity contribution in [2.24, 2.45) is 0 Å². The molecule has 0 spiro atoms. The van der Waals surface area contributed by atoms with Crippen molar-refractivity contribution in [2.45, 2.75) is 26.7 Å². The highest BCUT2D eigenvalue weighted by Gasteiger charge is 2.07. The van der Waals surface area contributed by atoms with Crippen molar-refractivity contribution in [1.82, 2.24) is 4.73 Å². The Kier molecular flexibility index (Phi) is 2.22. The number of hydrogen-bond acceptors (Lipinski definition) is 2. The lowest BCUT2D eigenvalue weighted by Gasteiger charge is -2.09. The average molecular weight is 169 g/mol. The minimum absolute atomic E-state index is 0. The summed E-state index contributed by atoms with van der Waals surface area (Å²) >= 11 is 0. The molecule has 1 aromatic rings. The second-order valence-electron chi connectivity index (χ2n) is 3.21. The number of nitrogens with zero attached hydrogens (tertiary/aromatic N) is 1. The van der Waals surface area contributed by atoms with E-state index in [4.69, 9.17) is 0 Å². The monoisotopic (exact) mass is 169 g/mol. The van der Waals surface area contributed by atoms with E-state index in [0.29, 0.717) is 11.3 Å². The number of aromatic nitrogens is 1. The van der Waals surface area contributed by atoms with Gasteiger partial charge in [-0.05, 0) is 18.9 Å². The first-order chi connectivity index (χ1) is 5.54. The molecule has 3 heteroatoms. The van der Waals surface area contributed by atoms with E-state index < -0.39 is 0 Å². The van der Waals surface area contributed by atoms with Crippen LogP contribution in [0.2, 0.25) is 0 Å². The summed E-state index contributed by atoms with van der Waals surface area (Å²) in [5.74, 6) is 0.156. The van der Waals surface area contributed by atoms with Gasteiger partial charge in [-0.15, -0.1) is 0 Å². The van der Waals surface area contributed by atoms with Crippen molar-refractivity contribution in [3.05, 3.63) is 33.7 Å². The van der Waals surface area contributed by atoms with Crippen LogP contribution in [0.3, 0.4) is 0 Å². The van der Waals surface area contributed by atoms with Crippen molar-refractivity contribution >= 4 is 0 Å². The van der Waals surface area contributed by atoms with Crippen LogP contribution in [0.15, 0.2) is 16.9 Å². The second kappa shape index (κ2) is 3.01. The molecule has 1 N–H and O–H groups in total. The smallest absolute Gasteiger partial charge is 0.285 e. The van der Waals surface area contributed by atoms with E-state index in [9.17, 15) is 10.0 Å². The molecule has 0 amide bonds. The fourth-order valence-corrected chi connectivity index (χ4v) is 1.07. The summed E-state index contributed by atoms with van der Waals surface area (Å²) < 4.78 is 0.722. The van der Waals surface area contributed by atoms with Gasteiger partial charge >= 0.3 is 0 Å². The molecule has 1 aromatic heterocycles. The van der Waals surface area contributed by atoms with Gasteiger partial charge in [-0.3, -0.25) is 4.79 Å². The molecule has 1 rings (SSSR count). The summed E-state index contributed by atoms with van der Waals surface area (Å²) in [6, 6.07) is 3.49.